The van der Waals surface area contributed by atoms with Gasteiger partial charge in [0.25, 0.3) is 0 Å². The molecule has 0 radical (unpaired) electrons. The molecule has 24 heavy (non-hydrogen) atoms. The molecule has 3 rings (SSSR count). The van der Waals surface area contributed by atoms with Crippen LogP contribution in [-0.4, -0.2) is 55.9 Å². The van der Waals surface area contributed by atoms with Crippen LogP contribution in [0.5, 0.6) is 0 Å². The van der Waals surface area contributed by atoms with Crippen LogP contribution in [0, 0.1) is 5.82 Å². The average Bonchev–Trinajstić information content (AvgIpc) is 3.11. The van der Waals surface area contributed by atoms with Gasteiger partial charge in [-0.25, -0.2) is 9.18 Å². The van der Waals surface area contributed by atoms with Crippen molar-refractivity contribution in [1.29, 1.82) is 0 Å². The summed E-state index contributed by atoms with van der Waals surface area (Å²) in [7, 11) is 0. The summed E-state index contributed by atoms with van der Waals surface area (Å²) in [5.74, 6) is -0.732. The first-order valence-electron chi connectivity index (χ1n) is 7.20. The number of amides is 2. The summed E-state index contributed by atoms with van der Waals surface area (Å²) >= 11 is 1.07. The molecule has 0 unspecified atom stereocenters. The number of hydrogen-bond acceptors (Lipinski definition) is 6. The van der Waals surface area contributed by atoms with Crippen LogP contribution in [0.4, 0.5) is 14.2 Å². The fourth-order valence-electron chi connectivity index (χ4n) is 2.49. The maximum absolute atomic E-state index is 14.6. The Kier molecular flexibility index (Phi) is 4.84. The van der Waals surface area contributed by atoms with Gasteiger partial charge in [-0.2, -0.15) is 0 Å². The molecule has 2 amide bonds. The first-order valence-corrected chi connectivity index (χ1v) is 8.08. The van der Waals surface area contributed by atoms with Crippen LogP contribution in [-0.2, 0) is 20.8 Å². The van der Waals surface area contributed by atoms with Crippen LogP contribution in [0.1, 0.15) is 5.56 Å². The largest absolute Gasteiger partial charge is 0.444 e. The SMILES string of the molecule is [N-]=[N+]=NC[C@H]1CN(c2scc(CN3CCOCC3=O)c2F)C(=O)O1. The molecule has 2 aliphatic rings. The summed E-state index contributed by atoms with van der Waals surface area (Å²) in [6.07, 6.45) is -1.28. The molecule has 2 fully saturated rings. The normalized spacial score (nSPS) is 21.0. The number of morpholine rings is 1. The Morgan fingerprint density at radius 2 is 2.33 bits per heavy atom. The summed E-state index contributed by atoms with van der Waals surface area (Å²) in [5, 5.41) is 5.08. The molecule has 11 heteroatoms. The molecular weight excluding hydrogens is 341 g/mol. The third-order valence-electron chi connectivity index (χ3n) is 3.70. The van der Waals surface area contributed by atoms with E-state index in [-0.39, 0.29) is 37.1 Å². The van der Waals surface area contributed by atoms with Crippen LogP contribution in [0.2, 0.25) is 0 Å². The molecule has 0 N–H and O–H groups in total. The lowest BCUT2D eigenvalue weighted by molar-refractivity contribution is -0.143. The number of halogens is 1. The number of rotatable bonds is 5. The first-order chi connectivity index (χ1) is 11.6. The number of hydrogen-bond donors (Lipinski definition) is 0. The van der Waals surface area contributed by atoms with Crippen molar-refractivity contribution in [2.45, 2.75) is 12.6 Å². The zero-order valence-electron chi connectivity index (χ0n) is 12.6. The molecule has 2 aliphatic heterocycles. The zero-order valence-corrected chi connectivity index (χ0v) is 13.4. The van der Waals surface area contributed by atoms with Crippen LogP contribution in [0.25, 0.3) is 10.4 Å². The number of nitrogens with zero attached hydrogens (tertiary/aromatic N) is 5. The highest BCUT2D eigenvalue weighted by molar-refractivity contribution is 7.14. The minimum absolute atomic E-state index is 0.000864. The van der Waals surface area contributed by atoms with E-state index in [4.69, 9.17) is 15.0 Å². The van der Waals surface area contributed by atoms with Crippen LogP contribution in [0.3, 0.4) is 0 Å². The molecule has 0 bridgehead atoms. The van der Waals surface area contributed by atoms with Gasteiger partial charge in [0.05, 0.1) is 19.7 Å². The molecule has 0 saturated carbocycles. The fraction of sp³-hybridized carbons (Fsp3) is 0.538. The molecule has 1 atom stereocenters. The Morgan fingerprint density at radius 1 is 1.50 bits per heavy atom. The van der Waals surface area contributed by atoms with Crippen molar-refractivity contribution in [2.75, 3.05) is 37.7 Å². The van der Waals surface area contributed by atoms with Gasteiger partial charge < -0.3 is 14.4 Å². The summed E-state index contributed by atoms with van der Waals surface area (Å²) in [6.45, 7) is 1.08. The van der Waals surface area contributed by atoms with Gasteiger partial charge in [-0.15, -0.1) is 11.3 Å². The van der Waals surface area contributed by atoms with Crippen LogP contribution < -0.4 is 4.90 Å². The second-order valence-corrected chi connectivity index (χ2v) is 6.14. The standard InChI is InChI=1S/C13H14FN5O4S/c14-11-8(4-18-1-2-22-6-10(18)20)7-24-12(11)19-5-9(3-16-17-15)23-13(19)21/h7,9H,1-6H2/t9-/m0/s1. The first kappa shape index (κ1) is 16.5. The Labute approximate surface area is 140 Å². The monoisotopic (exact) mass is 355 g/mol. The minimum Gasteiger partial charge on any atom is -0.444 e. The van der Waals surface area contributed by atoms with E-state index in [1.165, 1.54) is 9.80 Å². The molecule has 3 heterocycles. The third kappa shape index (κ3) is 3.28. The van der Waals surface area contributed by atoms with Gasteiger partial charge in [-0.05, 0) is 5.53 Å². The number of ether oxygens (including phenoxy) is 2. The number of cyclic esters (lactones) is 1. The zero-order chi connectivity index (χ0) is 17.1. The summed E-state index contributed by atoms with van der Waals surface area (Å²) in [5.41, 5.74) is 8.65. The van der Waals surface area contributed by atoms with Crippen LogP contribution in [0.15, 0.2) is 10.5 Å². The quantitative estimate of drug-likeness (QED) is 0.456. The summed E-state index contributed by atoms with van der Waals surface area (Å²) < 4.78 is 24.7. The number of azide groups is 1. The number of carbonyl (C=O) groups excluding carboxylic acids is 2. The molecule has 0 aromatic carbocycles. The Morgan fingerprint density at radius 3 is 3.08 bits per heavy atom. The van der Waals surface area contributed by atoms with E-state index in [2.05, 4.69) is 10.0 Å². The lowest BCUT2D eigenvalue weighted by Gasteiger charge is -2.26. The predicted molar refractivity (Wildman–Crippen MR) is 82.1 cm³/mol. The average molecular weight is 355 g/mol. The van der Waals surface area contributed by atoms with Crippen LogP contribution >= 0.6 is 11.3 Å². The van der Waals surface area contributed by atoms with E-state index in [9.17, 15) is 14.0 Å². The number of carbonyl (C=O) groups is 2. The highest BCUT2D eigenvalue weighted by atomic mass is 32.1. The Balaban J connectivity index is 1.71. The number of anilines is 1. The van der Waals surface area contributed by atoms with Crippen molar-refractivity contribution in [2.24, 2.45) is 5.11 Å². The second-order valence-electron chi connectivity index (χ2n) is 5.28. The van der Waals surface area contributed by atoms with E-state index in [1.807, 2.05) is 0 Å². The topological polar surface area (TPSA) is 108 Å². The minimum atomic E-state index is -0.678. The van der Waals surface area contributed by atoms with Crippen molar-refractivity contribution >= 4 is 28.3 Å². The highest BCUT2D eigenvalue weighted by Crippen LogP contribution is 2.33. The van der Waals surface area contributed by atoms with Crippen molar-refractivity contribution in [3.63, 3.8) is 0 Å². The Hall–Kier alpha value is -2.36. The maximum atomic E-state index is 14.6. The molecule has 0 spiro atoms. The van der Waals surface area contributed by atoms with Gasteiger partial charge in [0.15, 0.2) is 5.82 Å². The van der Waals surface area contributed by atoms with Crippen molar-refractivity contribution in [3.05, 3.63) is 27.2 Å². The smallest absolute Gasteiger partial charge is 0.415 e. The van der Waals surface area contributed by atoms with Gasteiger partial charge in [-0.3, -0.25) is 9.69 Å². The van der Waals surface area contributed by atoms with Crippen molar-refractivity contribution in [1.82, 2.24) is 4.90 Å². The molecule has 128 valence electrons. The molecule has 1 aromatic rings. The number of thiophene rings is 1. The third-order valence-corrected chi connectivity index (χ3v) is 4.72. The Bertz CT molecular complexity index is 705. The molecule has 2 saturated heterocycles. The lowest BCUT2D eigenvalue weighted by Crippen LogP contribution is -2.41. The second kappa shape index (κ2) is 7.04. The van der Waals surface area contributed by atoms with Crippen molar-refractivity contribution < 1.29 is 23.5 Å². The van der Waals surface area contributed by atoms with Gasteiger partial charge in [0.1, 0.15) is 17.7 Å². The van der Waals surface area contributed by atoms with E-state index in [0.29, 0.717) is 18.7 Å². The van der Waals surface area contributed by atoms with E-state index in [1.54, 1.807) is 5.38 Å². The van der Waals surface area contributed by atoms with E-state index < -0.39 is 18.0 Å². The van der Waals surface area contributed by atoms with E-state index in [0.717, 1.165) is 11.3 Å². The predicted octanol–water partition coefficient (Wildman–Crippen LogP) is 1.88. The summed E-state index contributed by atoms with van der Waals surface area (Å²) in [6, 6.07) is 0. The van der Waals surface area contributed by atoms with Gasteiger partial charge in [0, 0.05) is 28.9 Å². The molecule has 1 aromatic heterocycles. The maximum Gasteiger partial charge on any atom is 0.415 e. The fourth-order valence-corrected chi connectivity index (χ4v) is 3.43. The van der Waals surface area contributed by atoms with E-state index >= 15 is 0 Å². The molecular formula is C13H14FN5O4S. The lowest BCUT2D eigenvalue weighted by atomic mass is 10.2. The molecule has 9 nitrogen and oxygen atoms in total. The van der Waals surface area contributed by atoms with Crippen molar-refractivity contribution in [3.8, 4) is 0 Å². The molecule has 0 aliphatic carbocycles. The van der Waals surface area contributed by atoms with Gasteiger partial charge in [0.2, 0.25) is 5.91 Å². The van der Waals surface area contributed by atoms with Gasteiger partial charge >= 0.3 is 6.09 Å². The highest BCUT2D eigenvalue weighted by Gasteiger charge is 2.35. The summed E-state index contributed by atoms with van der Waals surface area (Å²) in [4.78, 5) is 28.9. The van der Waals surface area contributed by atoms with Gasteiger partial charge in [-0.1, -0.05) is 5.11 Å².